The zero-order valence-corrected chi connectivity index (χ0v) is 25.8. The van der Waals surface area contributed by atoms with Gasteiger partial charge in [0.2, 0.25) is 11.8 Å². The van der Waals surface area contributed by atoms with E-state index in [1.165, 1.54) is 4.31 Å². The second-order valence-corrected chi connectivity index (χ2v) is 13.4. The summed E-state index contributed by atoms with van der Waals surface area (Å²) < 4.78 is 28.3. The van der Waals surface area contributed by atoms with Crippen molar-refractivity contribution in [1.82, 2.24) is 10.2 Å². The number of hydrogen-bond acceptors (Lipinski definition) is 4. The van der Waals surface area contributed by atoms with Crippen LogP contribution >= 0.6 is 0 Å². The Morgan fingerprint density at radius 3 is 2.30 bits per heavy atom. The molecule has 7 nitrogen and oxygen atoms in total. The van der Waals surface area contributed by atoms with Gasteiger partial charge in [-0.25, -0.2) is 8.42 Å². The molecule has 0 radical (unpaired) electrons. The van der Waals surface area contributed by atoms with Crippen LogP contribution in [0.3, 0.4) is 0 Å². The summed E-state index contributed by atoms with van der Waals surface area (Å²) >= 11 is 0. The molecule has 1 heterocycles. The van der Waals surface area contributed by atoms with E-state index in [9.17, 15) is 18.0 Å². The number of sulfonamides is 1. The van der Waals surface area contributed by atoms with Gasteiger partial charge in [-0.2, -0.15) is 0 Å². The van der Waals surface area contributed by atoms with Gasteiger partial charge < -0.3 is 10.2 Å². The van der Waals surface area contributed by atoms with Crippen molar-refractivity contribution < 1.29 is 18.0 Å². The van der Waals surface area contributed by atoms with E-state index < -0.39 is 16.1 Å². The molecular formula is C35H39N3O4S. The van der Waals surface area contributed by atoms with Crippen LogP contribution in [0.15, 0.2) is 95.9 Å². The average Bonchev–Trinajstić information content (AvgIpc) is 3.22. The Kier molecular flexibility index (Phi) is 9.16. The zero-order chi connectivity index (χ0) is 30.6. The summed E-state index contributed by atoms with van der Waals surface area (Å²) in [5.41, 5.74) is 3.61. The predicted molar refractivity (Wildman–Crippen MR) is 171 cm³/mol. The van der Waals surface area contributed by atoms with E-state index in [0.29, 0.717) is 30.0 Å². The minimum absolute atomic E-state index is 0.104. The summed E-state index contributed by atoms with van der Waals surface area (Å²) in [5, 5.41) is 4.65. The fourth-order valence-corrected chi connectivity index (χ4v) is 7.41. The first-order chi connectivity index (χ1) is 20.7. The van der Waals surface area contributed by atoms with Crippen LogP contribution in [0.4, 0.5) is 5.69 Å². The van der Waals surface area contributed by atoms with E-state index in [0.717, 1.165) is 27.5 Å². The van der Waals surface area contributed by atoms with Crippen molar-refractivity contribution in [2.45, 2.75) is 57.5 Å². The van der Waals surface area contributed by atoms with Crippen molar-refractivity contribution in [3.05, 3.63) is 108 Å². The lowest BCUT2D eigenvalue weighted by molar-refractivity contribution is -0.141. The molecule has 0 saturated carbocycles. The minimum Gasteiger partial charge on any atom is -0.354 e. The van der Waals surface area contributed by atoms with E-state index in [2.05, 4.69) is 5.32 Å². The smallest absolute Gasteiger partial charge is 0.265 e. The maximum Gasteiger partial charge on any atom is 0.265 e. The van der Waals surface area contributed by atoms with Gasteiger partial charge in [0.15, 0.2) is 0 Å². The fourth-order valence-electron chi connectivity index (χ4n) is 5.66. The highest BCUT2D eigenvalue weighted by Crippen LogP contribution is 2.42. The highest BCUT2D eigenvalue weighted by atomic mass is 32.2. The first-order valence-electron chi connectivity index (χ1n) is 14.9. The molecule has 0 unspecified atom stereocenters. The number of hydrogen-bond donors (Lipinski definition) is 1. The van der Waals surface area contributed by atoms with Gasteiger partial charge in [0, 0.05) is 37.9 Å². The average molecular weight is 598 g/mol. The summed E-state index contributed by atoms with van der Waals surface area (Å²) in [6.07, 6.45) is 0.797. The Bertz CT molecular complexity index is 1710. The van der Waals surface area contributed by atoms with Gasteiger partial charge >= 0.3 is 0 Å². The molecule has 1 atom stereocenters. The van der Waals surface area contributed by atoms with E-state index >= 15 is 0 Å². The van der Waals surface area contributed by atoms with Crippen LogP contribution in [0.1, 0.15) is 43.4 Å². The maximum atomic E-state index is 14.1. The van der Waals surface area contributed by atoms with E-state index in [-0.39, 0.29) is 37.2 Å². The summed E-state index contributed by atoms with van der Waals surface area (Å²) in [6.45, 7) is 7.03. The maximum absolute atomic E-state index is 14.1. The summed E-state index contributed by atoms with van der Waals surface area (Å²) in [7, 11) is -3.71. The van der Waals surface area contributed by atoms with E-state index in [1.807, 2.05) is 99.6 Å². The van der Waals surface area contributed by atoms with Gasteiger partial charge in [0.05, 0.1) is 10.6 Å². The fraction of sp³-hybridized carbons (Fsp3) is 0.314. The van der Waals surface area contributed by atoms with Crippen molar-refractivity contribution in [2.75, 3.05) is 17.4 Å². The molecule has 224 valence electrons. The molecule has 0 aromatic heterocycles. The molecule has 0 saturated heterocycles. The van der Waals surface area contributed by atoms with Crippen LogP contribution in [0, 0.1) is 12.8 Å². The molecule has 2 amide bonds. The molecule has 4 aromatic carbocycles. The highest BCUT2D eigenvalue weighted by Gasteiger charge is 2.36. The molecule has 43 heavy (non-hydrogen) atoms. The lowest BCUT2D eigenvalue weighted by Gasteiger charge is -2.32. The Hall–Kier alpha value is -4.17. The molecule has 4 aromatic rings. The van der Waals surface area contributed by atoms with Crippen molar-refractivity contribution >= 4 is 38.3 Å². The predicted octanol–water partition coefficient (Wildman–Crippen LogP) is 5.85. The van der Waals surface area contributed by atoms with Gasteiger partial charge in [0.25, 0.3) is 10.0 Å². The lowest BCUT2D eigenvalue weighted by Crippen LogP contribution is -2.51. The minimum atomic E-state index is -3.71. The third-order valence-corrected chi connectivity index (χ3v) is 9.85. The van der Waals surface area contributed by atoms with E-state index in [4.69, 9.17) is 0 Å². The Morgan fingerprint density at radius 2 is 1.58 bits per heavy atom. The highest BCUT2D eigenvalue weighted by molar-refractivity contribution is 7.93. The number of benzene rings is 4. The van der Waals surface area contributed by atoms with Gasteiger partial charge in [-0.05, 0) is 53.5 Å². The standard InChI is InChI=1S/C35H39N3O4S/c1-25(2)23-36-35(40)31(22-27-13-5-4-6-14-27)37(24-29-15-8-7-12-26(29)3)33(39)20-11-21-38-30-18-9-16-28-17-10-19-32(34(28)30)43(38,41)42/h4-10,12-19,25,31H,11,20-24H2,1-3H3,(H,36,40)/t31-/m1/s1. The number of carbonyl (C=O) groups excluding carboxylic acids is 2. The summed E-state index contributed by atoms with van der Waals surface area (Å²) in [6, 6.07) is 27.8. The van der Waals surface area contributed by atoms with Crippen molar-refractivity contribution in [3.63, 3.8) is 0 Å². The molecular weight excluding hydrogens is 558 g/mol. The van der Waals surface area contributed by atoms with Crippen molar-refractivity contribution in [1.29, 1.82) is 0 Å². The molecule has 1 aliphatic heterocycles. The molecule has 8 heteroatoms. The normalized spacial score (nSPS) is 14.2. The van der Waals surface area contributed by atoms with Gasteiger partial charge in [-0.3, -0.25) is 13.9 Å². The van der Waals surface area contributed by atoms with Crippen LogP contribution in [0.5, 0.6) is 0 Å². The Labute approximate surface area is 254 Å². The number of rotatable bonds is 12. The van der Waals surface area contributed by atoms with Crippen LogP contribution in [0.2, 0.25) is 0 Å². The van der Waals surface area contributed by atoms with Crippen molar-refractivity contribution in [3.8, 4) is 0 Å². The number of amides is 2. The second kappa shape index (κ2) is 13.0. The van der Waals surface area contributed by atoms with E-state index in [1.54, 1.807) is 17.0 Å². The third-order valence-electron chi connectivity index (χ3n) is 7.99. The second-order valence-electron chi connectivity index (χ2n) is 11.6. The van der Waals surface area contributed by atoms with Gasteiger partial charge in [0.1, 0.15) is 6.04 Å². The Balaban J connectivity index is 1.40. The van der Waals surface area contributed by atoms with Crippen LogP contribution < -0.4 is 9.62 Å². The number of nitrogens with zero attached hydrogens (tertiary/aromatic N) is 2. The molecule has 0 bridgehead atoms. The topological polar surface area (TPSA) is 86.8 Å². The Morgan fingerprint density at radius 1 is 0.884 bits per heavy atom. The first kappa shape index (κ1) is 30.3. The monoisotopic (exact) mass is 597 g/mol. The zero-order valence-electron chi connectivity index (χ0n) is 25.0. The molecule has 1 aliphatic rings. The quantitative estimate of drug-likeness (QED) is 0.222. The summed E-state index contributed by atoms with van der Waals surface area (Å²) in [5.74, 6) is -0.113. The molecule has 0 aliphatic carbocycles. The van der Waals surface area contributed by atoms with Gasteiger partial charge in [-0.1, -0.05) is 92.7 Å². The molecule has 0 fully saturated rings. The number of carbonyl (C=O) groups is 2. The number of aryl methyl sites for hydroxylation is 1. The number of nitrogens with one attached hydrogen (secondary N) is 1. The molecule has 1 N–H and O–H groups in total. The molecule has 0 spiro atoms. The van der Waals surface area contributed by atoms with Crippen molar-refractivity contribution in [2.24, 2.45) is 5.92 Å². The lowest BCUT2D eigenvalue weighted by atomic mass is 10.0. The number of anilines is 1. The van der Waals surface area contributed by atoms with Crippen LogP contribution in [-0.2, 0) is 32.6 Å². The third kappa shape index (κ3) is 6.59. The molecule has 5 rings (SSSR count). The first-order valence-corrected chi connectivity index (χ1v) is 16.3. The van der Waals surface area contributed by atoms with Gasteiger partial charge in [-0.15, -0.1) is 0 Å². The largest absolute Gasteiger partial charge is 0.354 e. The SMILES string of the molecule is Cc1ccccc1CN(C(=O)CCCN1c2cccc3cccc(c23)S1(=O)=O)[C@H](Cc1ccccc1)C(=O)NCC(C)C. The summed E-state index contributed by atoms with van der Waals surface area (Å²) in [4.78, 5) is 29.7. The van der Waals surface area contributed by atoms with Crippen LogP contribution in [0.25, 0.3) is 10.8 Å². The van der Waals surface area contributed by atoms with Crippen LogP contribution in [-0.4, -0.2) is 44.3 Å².